The predicted molar refractivity (Wildman–Crippen MR) is 172 cm³/mol. The van der Waals surface area contributed by atoms with Crippen LogP contribution in [0.15, 0.2) is 145 Å². The van der Waals surface area contributed by atoms with E-state index in [-0.39, 0.29) is 5.41 Å². The minimum atomic E-state index is -0.102. The Balaban J connectivity index is 1.41. The van der Waals surface area contributed by atoms with E-state index >= 15 is 0 Å². The number of fused-ring (bicyclic) bond motifs is 3. The van der Waals surface area contributed by atoms with Crippen molar-refractivity contribution in [3.05, 3.63) is 162 Å². The van der Waals surface area contributed by atoms with Crippen molar-refractivity contribution in [2.75, 3.05) is 4.90 Å². The van der Waals surface area contributed by atoms with Gasteiger partial charge in [0.1, 0.15) is 0 Å². The van der Waals surface area contributed by atoms with Crippen molar-refractivity contribution in [1.82, 2.24) is 0 Å². The van der Waals surface area contributed by atoms with Crippen LogP contribution in [0.1, 0.15) is 44.4 Å². The summed E-state index contributed by atoms with van der Waals surface area (Å²) < 4.78 is 0. The Hall–Kier alpha value is -4.62. The number of nitrogens with zero attached hydrogens (tertiary/aromatic N) is 1. The van der Waals surface area contributed by atoms with E-state index in [4.69, 9.17) is 0 Å². The topological polar surface area (TPSA) is 3.24 Å². The van der Waals surface area contributed by atoms with Gasteiger partial charge in [-0.05, 0) is 94.8 Å². The van der Waals surface area contributed by atoms with Crippen LogP contribution in [0.4, 0.5) is 11.4 Å². The fourth-order valence-electron chi connectivity index (χ4n) is 5.93. The van der Waals surface area contributed by atoms with Gasteiger partial charge in [0.15, 0.2) is 0 Å². The van der Waals surface area contributed by atoms with Crippen LogP contribution in [0.3, 0.4) is 0 Å². The molecule has 6 rings (SSSR count). The van der Waals surface area contributed by atoms with Gasteiger partial charge in [-0.25, -0.2) is 0 Å². The van der Waals surface area contributed by atoms with E-state index in [1.807, 2.05) is 0 Å². The monoisotopic (exact) mass is 517 g/mol. The second kappa shape index (κ2) is 10.5. The number of para-hydroxylation sites is 1. The zero-order chi connectivity index (χ0) is 27.7. The third kappa shape index (κ3) is 4.69. The smallest absolute Gasteiger partial charge is 0.0461 e. The molecule has 1 aliphatic carbocycles. The van der Waals surface area contributed by atoms with Crippen molar-refractivity contribution in [2.24, 2.45) is 0 Å². The molecule has 1 aliphatic rings. The molecule has 5 aromatic rings. The van der Waals surface area contributed by atoms with Gasteiger partial charge < -0.3 is 4.90 Å². The summed E-state index contributed by atoms with van der Waals surface area (Å²) in [6, 6.07) is 45.8. The van der Waals surface area contributed by atoms with Gasteiger partial charge in [-0.1, -0.05) is 117 Å². The lowest BCUT2D eigenvalue weighted by Gasteiger charge is -2.28. The number of hydrogen-bond donors (Lipinski definition) is 0. The normalized spacial score (nSPS) is 14.0. The summed E-state index contributed by atoms with van der Waals surface area (Å²) in [4.78, 5) is 2.36. The van der Waals surface area contributed by atoms with Gasteiger partial charge in [0.25, 0.3) is 0 Å². The quantitative estimate of drug-likeness (QED) is 0.202. The molecule has 0 fully saturated rings. The van der Waals surface area contributed by atoms with Crippen LogP contribution in [-0.2, 0) is 5.41 Å². The van der Waals surface area contributed by atoms with Crippen molar-refractivity contribution in [3.63, 3.8) is 0 Å². The molecule has 40 heavy (non-hydrogen) atoms. The molecule has 0 aliphatic heterocycles. The van der Waals surface area contributed by atoms with Crippen molar-refractivity contribution < 1.29 is 0 Å². The van der Waals surface area contributed by atoms with Gasteiger partial charge in [-0.3, -0.25) is 0 Å². The molecule has 0 aromatic heterocycles. The van der Waals surface area contributed by atoms with E-state index in [0.29, 0.717) is 0 Å². The average molecular weight is 518 g/mol. The first-order valence-electron chi connectivity index (χ1n) is 14.0. The number of anilines is 2. The van der Waals surface area contributed by atoms with Crippen molar-refractivity contribution >= 4 is 16.9 Å². The molecule has 0 amide bonds. The Bertz CT molecular complexity index is 1710. The second-order valence-corrected chi connectivity index (χ2v) is 11.2. The van der Waals surface area contributed by atoms with E-state index in [2.05, 4.69) is 172 Å². The molecule has 1 heteroatoms. The first-order valence-corrected chi connectivity index (χ1v) is 14.0. The van der Waals surface area contributed by atoms with Gasteiger partial charge in [-0.2, -0.15) is 0 Å². The van der Waals surface area contributed by atoms with Crippen LogP contribution in [0.25, 0.3) is 27.8 Å². The summed E-state index contributed by atoms with van der Waals surface area (Å²) in [5.41, 5.74) is 13.8. The largest absolute Gasteiger partial charge is 0.315 e. The molecule has 0 saturated carbocycles. The number of benzene rings is 5. The minimum Gasteiger partial charge on any atom is -0.315 e. The first-order chi connectivity index (χ1) is 19.4. The SMILES string of the molecule is C/C(=C\C=C(/C)N(c1ccccc1)c1ccc2c(c1)C(C)(C)c1cc(-c3ccccc3)ccc1-2)c1ccccc1. The van der Waals surface area contributed by atoms with E-state index in [1.54, 1.807) is 0 Å². The van der Waals surface area contributed by atoms with Gasteiger partial charge in [0.05, 0.1) is 0 Å². The van der Waals surface area contributed by atoms with Gasteiger partial charge >= 0.3 is 0 Å². The van der Waals surface area contributed by atoms with Crippen molar-refractivity contribution in [2.45, 2.75) is 33.1 Å². The minimum absolute atomic E-state index is 0.102. The fraction of sp³-hybridized carbons (Fsp3) is 0.128. The number of hydrogen-bond acceptors (Lipinski definition) is 1. The van der Waals surface area contributed by atoms with Crippen LogP contribution >= 0.6 is 0 Å². The average Bonchev–Trinajstić information content (AvgIpc) is 3.23. The molecule has 0 radical (unpaired) electrons. The van der Waals surface area contributed by atoms with Crippen molar-refractivity contribution in [3.8, 4) is 22.3 Å². The molecule has 196 valence electrons. The van der Waals surface area contributed by atoms with E-state index in [0.717, 1.165) is 5.69 Å². The molecular formula is C39H35N. The first kappa shape index (κ1) is 25.6. The summed E-state index contributed by atoms with van der Waals surface area (Å²) in [5.74, 6) is 0. The second-order valence-electron chi connectivity index (χ2n) is 11.2. The molecule has 0 N–H and O–H groups in total. The molecule has 0 spiro atoms. The highest BCUT2D eigenvalue weighted by Gasteiger charge is 2.36. The van der Waals surface area contributed by atoms with Crippen LogP contribution in [0.5, 0.6) is 0 Å². The summed E-state index contributed by atoms with van der Waals surface area (Å²) in [5, 5.41) is 0. The molecule has 0 unspecified atom stereocenters. The molecule has 0 atom stereocenters. The maximum atomic E-state index is 2.40. The zero-order valence-corrected chi connectivity index (χ0v) is 23.7. The highest BCUT2D eigenvalue weighted by molar-refractivity contribution is 5.86. The zero-order valence-electron chi connectivity index (χ0n) is 23.7. The predicted octanol–water partition coefficient (Wildman–Crippen LogP) is 10.8. The Morgan fingerprint density at radius 1 is 0.550 bits per heavy atom. The van der Waals surface area contributed by atoms with Gasteiger partial charge in [0.2, 0.25) is 0 Å². The van der Waals surface area contributed by atoms with Crippen LogP contribution in [0, 0.1) is 0 Å². The highest BCUT2D eigenvalue weighted by atomic mass is 15.1. The maximum absolute atomic E-state index is 2.40. The Kier molecular flexibility index (Phi) is 6.74. The highest BCUT2D eigenvalue weighted by Crippen LogP contribution is 2.51. The summed E-state index contributed by atoms with van der Waals surface area (Å²) >= 11 is 0. The summed E-state index contributed by atoms with van der Waals surface area (Å²) in [6.45, 7) is 9.08. The maximum Gasteiger partial charge on any atom is 0.0461 e. The Labute approximate surface area is 238 Å². The Morgan fingerprint density at radius 3 is 1.80 bits per heavy atom. The molecule has 0 bridgehead atoms. The van der Waals surface area contributed by atoms with Crippen LogP contribution in [-0.4, -0.2) is 0 Å². The number of rotatable bonds is 6. The molecule has 0 heterocycles. The lowest BCUT2D eigenvalue weighted by molar-refractivity contribution is 0.660. The van der Waals surface area contributed by atoms with Crippen molar-refractivity contribution in [1.29, 1.82) is 0 Å². The van der Waals surface area contributed by atoms with Gasteiger partial charge in [-0.15, -0.1) is 0 Å². The van der Waals surface area contributed by atoms with Crippen LogP contribution in [0.2, 0.25) is 0 Å². The Morgan fingerprint density at radius 2 is 1.12 bits per heavy atom. The lowest BCUT2D eigenvalue weighted by Crippen LogP contribution is -2.18. The lowest BCUT2D eigenvalue weighted by atomic mass is 9.81. The van der Waals surface area contributed by atoms with Crippen LogP contribution < -0.4 is 4.90 Å². The summed E-state index contributed by atoms with van der Waals surface area (Å²) in [7, 11) is 0. The summed E-state index contributed by atoms with van der Waals surface area (Å²) in [6.07, 6.45) is 4.45. The molecule has 0 saturated heterocycles. The van der Waals surface area contributed by atoms with Gasteiger partial charge in [0, 0.05) is 22.5 Å². The number of allylic oxidation sites excluding steroid dienone is 4. The molecule has 5 aromatic carbocycles. The third-order valence-corrected chi connectivity index (χ3v) is 8.20. The molecular weight excluding hydrogens is 482 g/mol. The van der Waals surface area contributed by atoms with E-state index in [1.165, 1.54) is 55.9 Å². The third-order valence-electron chi connectivity index (χ3n) is 8.20. The van der Waals surface area contributed by atoms with E-state index in [9.17, 15) is 0 Å². The van der Waals surface area contributed by atoms with E-state index < -0.39 is 0 Å². The standard InChI is InChI=1S/C39H35N/c1-28(30-14-8-5-9-15-30)20-21-29(2)40(33-18-12-7-13-19-33)34-23-25-36-35-24-22-32(31-16-10-6-11-17-31)26-37(35)39(3,4)38(36)27-34/h5-27H,1-4H3/b28-20+,29-21+. The molecule has 1 nitrogen and oxygen atoms in total. The fourth-order valence-corrected chi connectivity index (χ4v) is 5.93.